The van der Waals surface area contributed by atoms with Gasteiger partial charge in [0, 0.05) is 5.69 Å². The first-order valence-corrected chi connectivity index (χ1v) is 4.83. The van der Waals surface area contributed by atoms with E-state index in [4.69, 9.17) is 17.3 Å². The Morgan fingerprint density at radius 1 is 1.38 bits per heavy atom. The average molecular weight is 239 g/mol. The molecular formula is C10H8ClFN4. The molecule has 0 aliphatic carbocycles. The van der Waals surface area contributed by atoms with E-state index in [-0.39, 0.29) is 11.8 Å². The molecule has 1 heterocycles. The molecule has 0 bridgehead atoms. The molecule has 0 spiro atoms. The topological polar surface area (TPSA) is 63.8 Å². The minimum atomic E-state index is -0.344. The van der Waals surface area contributed by atoms with Gasteiger partial charge in [-0.05, 0) is 18.2 Å². The molecule has 0 aliphatic heterocycles. The summed E-state index contributed by atoms with van der Waals surface area (Å²) < 4.78 is 12.9. The van der Waals surface area contributed by atoms with Crippen molar-refractivity contribution >= 4 is 29.1 Å². The maximum absolute atomic E-state index is 12.9. The number of halogens is 2. The molecule has 2 aromatic rings. The maximum Gasteiger partial charge on any atom is 0.222 e. The Labute approximate surface area is 96.3 Å². The first-order chi connectivity index (χ1) is 7.65. The van der Waals surface area contributed by atoms with Gasteiger partial charge >= 0.3 is 0 Å². The summed E-state index contributed by atoms with van der Waals surface area (Å²) in [6, 6.07) is 5.95. The predicted molar refractivity (Wildman–Crippen MR) is 61.1 cm³/mol. The number of nitrogens with zero attached hydrogens (tertiary/aromatic N) is 2. The summed E-state index contributed by atoms with van der Waals surface area (Å²) in [6.45, 7) is 0. The zero-order valence-electron chi connectivity index (χ0n) is 8.11. The third-order valence-electron chi connectivity index (χ3n) is 1.85. The molecule has 0 saturated carbocycles. The summed E-state index contributed by atoms with van der Waals surface area (Å²) in [6.07, 6.45) is 1.38. The van der Waals surface area contributed by atoms with E-state index in [1.165, 1.54) is 18.3 Å². The van der Waals surface area contributed by atoms with Crippen LogP contribution < -0.4 is 11.1 Å². The Morgan fingerprint density at radius 3 is 2.94 bits per heavy atom. The molecule has 2 rings (SSSR count). The molecule has 6 heteroatoms. The lowest BCUT2D eigenvalue weighted by Gasteiger charge is -2.07. The lowest BCUT2D eigenvalue weighted by atomic mass is 10.3. The average Bonchev–Trinajstić information content (AvgIpc) is 2.24. The molecule has 82 valence electrons. The van der Waals surface area contributed by atoms with Crippen molar-refractivity contribution in [2.24, 2.45) is 0 Å². The van der Waals surface area contributed by atoms with Crippen LogP contribution in [0.5, 0.6) is 0 Å². The van der Waals surface area contributed by atoms with Crippen LogP contribution in [0.3, 0.4) is 0 Å². The van der Waals surface area contributed by atoms with Gasteiger partial charge in [0.05, 0.1) is 6.20 Å². The highest BCUT2D eigenvalue weighted by Gasteiger charge is 2.04. The SMILES string of the molecule is Nc1ncc(Cl)c(Nc2cccc(F)c2)n1. The Hall–Kier alpha value is -1.88. The van der Waals surface area contributed by atoms with Gasteiger partial charge in [-0.3, -0.25) is 0 Å². The van der Waals surface area contributed by atoms with Crippen molar-refractivity contribution in [2.75, 3.05) is 11.1 Å². The third kappa shape index (κ3) is 2.38. The first kappa shape index (κ1) is 10.6. The van der Waals surface area contributed by atoms with Crippen molar-refractivity contribution in [1.29, 1.82) is 0 Å². The lowest BCUT2D eigenvalue weighted by molar-refractivity contribution is 0.628. The summed E-state index contributed by atoms with van der Waals surface area (Å²) in [5.41, 5.74) is 5.96. The summed E-state index contributed by atoms with van der Waals surface area (Å²) in [5.74, 6) is 0.103. The highest BCUT2D eigenvalue weighted by atomic mass is 35.5. The fourth-order valence-corrected chi connectivity index (χ4v) is 1.31. The number of anilines is 3. The van der Waals surface area contributed by atoms with Gasteiger partial charge < -0.3 is 11.1 Å². The van der Waals surface area contributed by atoms with Crippen LogP contribution in [0.15, 0.2) is 30.5 Å². The van der Waals surface area contributed by atoms with Crippen molar-refractivity contribution in [3.05, 3.63) is 41.3 Å². The minimum absolute atomic E-state index is 0.100. The van der Waals surface area contributed by atoms with Crippen LogP contribution in [-0.4, -0.2) is 9.97 Å². The summed E-state index contributed by atoms with van der Waals surface area (Å²) in [4.78, 5) is 7.62. The number of nitrogens with two attached hydrogens (primary N) is 1. The second-order valence-electron chi connectivity index (χ2n) is 3.06. The molecule has 4 nitrogen and oxygen atoms in total. The highest BCUT2D eigenvalue weighted by Crippen LogP contribution is 2.23. The minimum Gasteiger partial charge on any atom is -0.368 e. The van der Waals surface area contributed by atoms with Crippen molar-refractivity contribution in [1.82, 2.24) is 9.97 Å². The number of nitrogen functional groups attached to an aromatic ring is 1. The fraction of sp³-hybridized carbons (Fsp3) is 0. The van der Waals surface area contributed by atoms with Crippen LogP contribution in [0, 0.1) is 5.82 Å². The van der Waals surface area contributed by atoms with E-state index in [1.807, 2.05) is 0 Å². The molecule has 0 fully saturated rings. The number of hydrogen-bond donors (Lipinski definition) is 2. The quantitative estimate of drug-likeness (QED) is 0.844. The predicted octanol–water partition coefficient (Wildman–Crippen LogP) is 2.59. The zero-order valence-corrected chi connectivity index (χ0v) is 8.87. The van der Waals surface area contributed by atoms with Gasteiger partial charge in [-0.1, -0.05) is 17.7 Å². The van der Waals surface area contributed by atoms with Gasteiger partial charge in [0.25, 0.3) is 0 Å². The molecule has 3 N–H and O–H groups in total. The van der Waals surface area contributed by atoms with Crippen molar-refractivity contribution < 1.29 is 4.39 Å². The van der Waals surface area contributed by atoms with E-state index < -0.39 is 0 Å². The van der Waals surface area contributed by atoms with Gasteiger partial charge in [0.1, 0.15) is 10.8 Å². The maximum atomic E-state index is 12.9. The highest BCUT2D eigenvalue weighted by molar-refractivity contribution is 6.32. The van der Waals surface area contributed by atoms with Gasteiger partial charge in [0.2, 0.25) is 5.95 Å². The number of aromatic nitrogens is 2. The first-order valence-electron chi connectivity index (χ1n) is 4.46. The molecule has 0 saturated heterocycles. The van der Waals surface area contributed by atoms with E-state index >= 15 is 0 Å². The molecular weight excluding hydrogens is 231 g/mol. The molecule has 0 unspecified atom stereocenters. The van der Waals surface area contributed by atoms with Crippen molar-refractivity contribution in [3.8, 4) is 0 Å². The molecule has 0 radical (unpaired) electrons. The van der Waals surface area contributed by atoms with Crippen LogP contribution in [0.4, 0.5) is 21.8 Å². The largest absolute Gasteiger partial charge is 0.368 e. The summed E-state index contributed by atoms with van der Waals surface area (Å²) in [5, 5.41) is 3.17. The number of benzene rings is 1. The summed E-state index contributed by atoms with van der Waals surface area (Å²) in [7, 11) is 0. The number of hydrogen-bond acceptors (Lipinski definition) is 4. The smallest absolute Gasteiger partial charge is 0.222 e. The standard InChI is InChI=1S/C10H8ClFN4/c11-8-5-14-10(13)16-9(8)15-7-3-1-2-6(12)4-7/h1-5H,(H3,13,14,15,16). The van der Waals surface area contributed by atoms with Crippen molar-refractivity contribution in [3.63, 3.8) is 0 Å². The third-order valence-corrected chi connectivity index (χ3v) is 2.13. The van der Waals surface area contributed by atoms with Crippen molar-refractivity contribution in [2.45, 2.75) is 0 Å². The fourth-order valence-electron chi connectivity index (χ4n) is 1.17. The van der Waals surface area contributed by atoms with Crippen LogP contribution in [0.2, 0.25) is 5.02 Å². The Morgan fingerprint density at radius 2 is 2.19 bits per heavy atom. The molecule has 1 aromatic carbocycles. The van der Waals surface area contributed by atoms with Crippen LogP contribution in [-0.2, 0) is 0 Å². The molecule has 16 heavy (non-hydrogen) atoms. The van der Waals surface area contributed by atoms with E-state index in [0.717, 1.165) is 0 Å². The van der Waals surface area contributed by atoms with E-state index in [9.17, 15) is 4.39 Å². The number of nitrogens with one attached hydrogen (secondary N) is 1. The van der Waals surface area contributed by atoms with Gasteiger partial charge in [0.15, 0.2) is 5.82 Å². The van der Waals surface area contributed by atoms with Gasteiger partial charge in [-0.25, -0.2) is 9.37 Å². The van der Waals surface area contributed by atoms with E-state index in [1.54, 1.807) is 12.1 Å². The monoisotopic (exact) mass is 238 g/mol. The molecule has 1 aromatic heterocycles. The number of rotatable bonds is 2. The molecule has 0 amide bonds. The van der Waals surface area contributed by atoms with Crippen LogP contribution in [0.1, 0.15) is 0 Å². The second kappa shape index (κ2) is 4.32. The Kier molecular flexibility index (Phi) is 2.87. The Balaban J connectivity index is 2.30. The molecule has 0 aliphatic rings. The second-order valence-corrected chi connectivity index (χ2v) is 3.47. The van der Waals surface area contributed by atoms with Crippen LogP contribution in [0.25, 0.3) is 0 Å². The van der Waals surface area contributed by atoms with E-state index in [0.29, 0.717) is 16.5 Å². The zero-order chi connectivity index (χ0) is 11.5. The lowest BCUT2D eigenvalue weighted by Crippen LogP contribution is -2.00. The normalized spacial score (nSPS) is 10.1. The molecule has 0 atom stereocenters. The van der Waals surface area contributed by atoms with Gasteiger partial charge in [-0.15, -0.1) is 0 Å². The van der Waals surface area contributed by atoms with E-state index in [2.05, 4.69) is 15.3 Å². The van der Waals surface area contributed by atoms with Gasteiger partial charge in [-0.2, -0.15) is 4.98 Å². The van der Waals surface area contributed by atoms with Crippen LogP contribution >= 0.6 is 11.6 Å². The Bertz CT molecular complexity index is 518. The summed E-state index contributed by atoms with van der Waals surface area (Å²) >= 11 is 5.85.